The molecule has 0 bridgehead atoms. The van der Waals surface area contributed by atoms with Crippen LogP contribution in [0.3, 0.4) is 0 Å². The third kappa shape index (κ3) is 15.7. The summed E-state index contributed by atoms with van der Waals surface area (Å²) < 4.78 is 0. The van der Waals surface area contributed by atoms with Gasteiger partial charge in [0.05, 0.1) is 26.2 Å². The molecular formula is C18H35ClN4O9. The van der Waals surface area contributed by atoms with Crippen LogP contribution in [0.2, 0.25) is 0 Å². The summed E-state index contributed by atoms with van der Waals surface area (Å²) in [7, 11) is 0. The van der Waals surface area contributed by atoms with Crippen LogP contribution < -0.4 is 0 Å². The van der Waals surface area contributed by atoms with Crippen LogP contribution in [0.5, 0.6) is 0 Å². The third-order valence-corrected chi connectivity index (χ3v) is 4.80. The summed E-state index contributed by atoms with van der Waals surface area (Å²) in [6, 6.07) is 0. The van der Waals surface area contributed by atoms with Gasteiger partial charge in [-0.2, -0.15) is 0 Å². The number of carbonyl (C=O) groups is 4. The van der Waals surface area contributed by atoms with Crippen LogP contribution >= 0.6 is 12.4 Å². The zero-order valence-electron chi connectivity index (χ0n) is 18.0. The van der Waals surface area contributed by atoms with E-state index in [4.69, 9.17) is 20.4 Å². The first-order valence-corrected chi connectivity index (χ1v) is 9.92. The maximum atomic E-state index is 11.1. The highest BCUT2D eigenvalue weighted by Gasteiger charge is 2.18. The van der Waals surface area contributed by atoms with Crippen molar-refractivity contribution in [1.29, 1.82) is 0 Å². The lowest BCUT2D eigenvalue weighted by Gasteiger charge is -2.30. The van der Waals surface area contributed by atoms with Crippen molar-refractivity contribution in [1.82, 2.24) is 19.6 Å². The summed E-state index contributed by atoms with van der Waals surface area (Å²) in [5.74, 6) is -3.92. The van der Waals surface area contributed by atoms with Crippen LogP contribution in [0, 0.1) is 0 Å². The molecule has 1 heterocycles. The van der Waals surface area contributed by atoms with Crippen LogP contribution in [0.1, 0.15) is 12.8 Å². The second-order valence-corrected chi connectivity index (χ2v) is 7.39. The molecule has 0 spiro atoms. The fourth-order valence-corrected chi connectivity index (χ4v) is 3.45. The quantitative estimate of drug-likeness (QED) is 0.293. The molecule has 0 atom stereocenters. The zero-order chi connectivity index (χ0) is 22.5. The van der Waals surface area contributed by atoms with Gasteiger partial charge in [0.1, 0.15) is 0 Å². The highest BCUT2D eigenvalue weighted by Crippen LogP contribution is 2.03. The van der Waals surface area contributed by atoms with E-state index in [1.54, 1.807) is 19.6 Å². The SMILES string of the molecule is Cl.O.O=C(O)CN1CCCN(CC(=O)O)CCN(CC(=O)O)CCCN(CC(=O)O)CC1. The van der Waals surface area contributed by atoms with E-state index >= 15 is 0 Å². The standard InChI is InChI=1S/C18H32N4O8.ClH.H2O/c23-15(24)11-19-3-1-4-20(12-16(25)26)8-10-22(14-18(29)30)6-2-5-21(9-7-19)13-17(27)28;;/h1-14H2,(H,23,24)(H,25,26)(H,27,28)(H,29,30);1H;1H2. The Hall–Kier alpha value is -2.03. The van der Waals surface area contributed by atoms with Crippen molar-refractivity contribution in [2.24, 2.45) is 0 Å². The largest absolute Gasteiger partial charge is 0.480 e. The maximum Gasteiger partial charge on any atom is 0.317 e. The summed E-state index contributed by atoms with van der Waals surface area (Å²) in [5, 5.41) is 36.5. The molecule has 0 aromatic rings. The van der Waals surface area contributed by atoms with E-state index < -0.39 is 23.9 Å². The molecule has 1 saturated heterocycles. The molecule has 1 aliphatic rings. The summed E-state index contributed by atoms with van der Waals surface area (Å²) in [6.45, 7) is 2.52. The molecule has 1 fully saturated rings. The molecular weight excluding hydrogens is 452 g/mol. The number of halogens is 1. The Morgan fingerprint density at radius 2 is 0.656 bits per heavy atom. The van der Waals surface area contributed by atoms with E-state index in [0.717, 1.165) is 0 Å². The number of rotatable bonds is 8. The van der Waals surface area contributed by atoms with Gasteiger partial charge in [-0.1, -0.05) is 0 Å². The average Bonchev–Trinajstić information content (AvgIpc) is 2.60. The second kappa shape index (κ2) is 17.5. The van der Waals surface area contributed by atoms with Gasteiger partial charge < -0.3 is 25.9 Å². The molecule has 1 aliphatic heterocycles. The van der Waals surface area contributed by atoms with Crippen LogP contribution in [-0.2, 0) is 19.2 Å². The van der Waals surface area contributed by atoms with Crippen molar-refractivity contribution in [3.05, 3.63) is 0 Å². The number of hydrogen-bond donors (Lipinski definition) is 4. The van der Waals surface area contributed by atoms with Gasteiger partial charge in [0.2, 0.25) is 0 Å². The summed E-state index contributed by atoms with van der Waals surface area (Å²) in [5.41, 5.74) is 0. The topological polar surface area (TPSA) is 194 Å². The van der Waals surface area contributed by atoms with Gasteiger partial charge in [-0.15, -0.1) is 12.4 Å². The van der Waals surface area contributed by atoms with E-state index in [2.05, 4.69) is 0 Å². The molecule has 32 heavy (non-hydrogen) atoms. The lowest BCUT2D eigenvalue weighted by molar-refractivity contribution is -0.140. The van der Waals surface area contributed by atoms with Gasteiger partial charge in [-0.3, -0.25) is 38.8 Å². The molecule has 14 heteroatoms. The smallest absolute Gasteiger partial charge is 0.317 e. The van der Waals surface area contributed by atoms with Crippen molar-refractivity contribution in [2.75, 3.05) is 78.5 Å². The van der Waals surface area contributed by atoms with Gasteiger partial charge in [0, 0.05) is 52.4 Å². The van der Waals surface area contributed by atoms with Crippen LogP contribution in [0.4, 0.5) is 0 Å². The number of carboxylic acids is 4. The Labute approximate surface area is 192 Å². The molecule has 0 radical (unpaired) electrons. The molecule has 6 N–H and O–H groups in total. The Morgan fingerprint density at radius 1 is 0.469 bits per heavy atom. The first-order valence-electron chi connectivity index (χ1n) is 9.92. The average molecular weight is 487 g/mol. The van der Waals surface area contributed by atoms with Crippen LogP contribution in [0.25, 0.3) is 0 Å². The molecule has 1 rings (SSSR count). The molecule has 188 valence electrons. The number of carboxylic acid groups (broad SMARTS) is 4. The summed E-state index contributed by atoms with van der Waals surface area (Å²) in [6.07, 6.45) is 1.08. The highest BCUT2D eigenvalue weighted by molar-refractivity contribution is 5.85. The Bertz CT molecular complexity index is 499. The molecule has 0 unspecified atom stereocenters. The number of aliphatic carboxylic acids is 4. The van der Waals surface area contributed by atoms with Gasteiger partial charge >= 0.3 is 23.9 Å². The summed E-state index contributed by atoms with van der Waals surface area (Å²) in [4.78, 5) is 51.5. The predicted molar refractivity (Wildman–Crippen MR) is 116 cm³/mol. The fraction of sp³-hybridized carbons (Fsp3) is 0.778. The minimum atomic E-state index is -0.979. The highest BCUT2D eigenvalue weighted by atomic mass is 35.5. The van der Waals surface area contributed by atoms with Gasteiger partial charge in [-0.25, -0.2) is 0 Å². The first kappa shape index (κ1) is 32.2. The van der Waals surface area contributed by atoms with Crippen molar-refractivity contribution in [3.63, 3.8) is 0 Å². The van der Waals surface area contributed by atoms with E-state index in [0.29, 0.717) is 65.2 Å². The van der Waals surface area contributed by atoms with Crippen LogP contribution in [0.15, 0.2) is 0 Å². The van der Waals surface area contributed by atoms with Crippen molar-refractivity contribution in [3.8, 4) is 0 Å². The molecule has 0 saturated carbocycles. The van der Waals surface area contributed by atoms with Gasteiger partial charge in [-0.05, 0) is 12.8 Å². The summed E-state index contributed by atoms with van der Waals surface area (Å²) >= 11 is 0. The molecule has 0 aromatic carbocycles. The van der Waals surface area contributed by atoms with Crippen LogP contribution in [-0.4, -0.2) is 148 Å². The first-order chi connectivity index (χ1) is 14.2. The van der Waals surface area contributed by atoms with E-state index in [1.165, 1.54) is 0 Å². The van der Waals surface area contributed by atoms with Gasteiger partial charge in [0.25, 0.3) is 0 Å². The Morgan fingerprint density at radius 3 is 0.812 bits per heavy atom. The third-order valence-electron chi connectivity index (χ3n) is 4.80. The minimum absolute atomic E-state index is 0. The minimum Gasteiger partial charge on any atom is -0.480 e. The number of hydrogen-bond acceptors (Lipinski definition) is 8. The molecule has 13 nitrogen and oxygen atoms in total. The zero-order valence-corrected chi connectivity index (χ0v) is 18.8. The van der Waals surface area contributed by atoms with Crippen molar-refractivity contribution < 1.29 is 45.1 Å². The normalized spacial score (nSPS) is 18.5. The molecule has 0 amide bonds. The lowest BCUT2D eigenvalue weighted by Crippen LogP contribution is -2.44. The maximum absolute atomic E-state index is 11.1. The Balaban J connectivity index is 0. The van der Waals surface area contributed by atoms with Gasteiger partial charge in [0.15, 0.2) is 0 Å². The van der Waals surface area contributed by atoms with E-state index in [-0.39, 0.29) is 44.1 Å². The monoisotopic (exact) mass is 486 g/mol. The Kier molecular flexibility index (Phi) is 17.6. The number of nitrogens with zero attached hydrogens (tertiary/aromatic N) is 4. The van der Waals surface area contributed by atoms with E-state index in [1.807, 2.05) is 0 Å². The van der Waals surface area contributed by atoms with Crippen molar-refractivity contribution >= 4 is 36.3 Å². The lowest BCUT2D eigenvalue weighted by atomic mass is 10.2. The van der Waals surface area contributed by atoms with E-state index in [9.17, 15) is 19.2 Å². The second-order valence-electron chi connectivity index (χ2n) is 7.39. The fourth-order valence-electron chi connectivity index (χ4n) is 3.45. The molecule has 0 aromatic heterocycles. The van der Waals surface area contributed by atoms with Crippen molar-refractivity contribution in [2.45, 2.75) is 12.8 Å². The molecule has 0 aliphatic carbocycles. The predicted octanol–water partition coefficient (Wildman–Crippen LogP) is -2.08.